The summed E-state index contributed by atoms with van der Waals surface area (Å²) in [6, 6.07) is 10.2. The van der Waals surface area contributed by atoms with Crippen molar-refractivity contribution in [3.05, 3.63) is 71.2 Å². The summed E-state index contributed by atoms with van der Waals surface area (Å²) in [6.45, 7) is 0.543. The quantitative estimate of drug-likeness (QED) is 0.704. The molecule has 0 fully saturated rings. The van der Waals surface area contributed by atoms with Gasteiger partial charge in [0.25, 0.3) is 0 Å². The average Bonchev–Trinajstić information content (AvgIpc) is 3.10. The second-order valence-corrected chi connectivity index (χ2v) is 6.47. The molecular weight excluding hydrogens is 337 g/mol. The Kier molecular flexibility index (Phi) is 5.85. The zero-order chi connectivity index (χ0) is 17.5. The summed E-state index contributed by atoms with van der Waals surface area (Å²) in [5, 5.41) is 5.85. The van der Waals surface area contributed by atoms with E-state index in [9.17, 15) is 9.18 Å². The molecule has 0 saturated carbocycles. The molecule has 128 valence electrons. The van der Waals surface area contributed by atoms with E-state index in [0.29, 0.717) is 25.8 Å². The van der Waals surface area contributed by atoms with Gasteiger partial charge in [0.15, 0.2) is 0 Å². The molecule has 0 aliphatic heterocycles. The lowest BCUT2D eigenvalue weighted by atomic mass is 10.1. The van der Waals surface area contributed by atoms with E-state index < -0.39 is 0 Å². The Bertz CT molecular complexity index is 835. The molecule has 0 aliphatic carbocycles. The first kappa shape index (κ1) is 17.2. The van der Waals surface area contributed by atoms with E-state index in [1.165, 1.54) is 12.1 Å². The highest BCUT2D eigenvalue weighted by atomic mass is 32.1. The van der Waals surface area contributed by atoms with Crippen LogP contribution in [-0.4, -0.2) is 22.4 Å². The number of carbonyl (C=O) groups excluding carboxylic acids is 1. The molecule has 1 amide bonds. The number of halogens is 1. The van der Waals surface area contributed by atoms with Crippen molar-refractivity contribution in [1.29, 1.82) is 0 Å². The van der Waals surface area contributed by atoms with Gasteiger partial charge >= 0.3 is 0 Å². The van der Waals surface area contributed by atoms with E-state index >= 15 is 0 Å². The lowest BCUT2D eigenvalue weighted by Crippen LogP contribution is -2.25. The molecule has 1 aromatic carbocycles. The van der Waals surface area contributed by atoms with Crippen LogP contribution < -0.4 is 5.32 Å². The van der Waals surface area contributed by atoms with E-state index in [0.717, 1.165) is 21.8 Å². The summed E-state index contributed by atoms with van der Waals surface area (Å²) in [7, 11) is 0. The van der Waals surface area contributed by atoms with Crippen LogP contribution in [0.15, 0.2) is 54.2 Å². The Balaban J connectivity index is 1.42. The number of rotatable bonds is 7. The van der Waals surface area contributed by atoms with Gasteiger partial charge in [-0.2, -0.15) is 0 Å². The normalized spacial score (nSPS) is 10.6. The molecular formula is C19H18FN3OS. The Morgan fingerprint density at radius 1 is 1.16 bits per heavy atom. The van der Waals surface area contributed by atoms with Crippen LogP contribution in [0.3, 0.4) is 0 Å². The van der Waals surface area contributed by atoms with Gasteiger partial charge in [0.1, 0.15) is 10.8 Å². The fourth-order valence-electron chi connectivity index (χ4n) is 2.42. The smallest absolute Gasteiger partial charge is 0.220 e. The largest absolute Gasteiger partial charge is 0.356 e. The molecule has 0 atom stereocenters. The number of thiazole rings is 1. The molecule has 0 spiro atoms. The van der Waals surface area contributed by atoms with Crippen molar-refractivity contribution < 1.29 is 9.18 Å². The number of hydrogen-bond acceptors (Lipinski definition) is 4. The summed E-state index contributed by atoms with van der Waals surface area (Å²) in [5.74, 6) is -0.305. The zero-order valence-corrected chi connectivity index (χ0v) is 14.4. The summed E-state index contributed by atoms with van der Waals surface area (Å²) in [6.07, 6.45) is 5.06. The highest BCUT2D eigenvalue weighted by molar-refractivity contribution is 7.13. The van der Waals surface area contributed by atoms with Gasteiger partial charge < -0.3 is 5.32 Å². The monoisotopic (exact) mass is 355 g/mol. The number of nitrogens with zero attached hydrogens (tertiary/aromatic N) is 2. The Morgan fingerprint density at radius 3 is 2.80 bits per heavy atom. The van der Waals surface area contributed by atoms with Gasteiger partial charge in [0, 0.05) is 42.7 Å². The van der Waals surface area contributed by atoms with Crippen molar-refractivity contribution in [3.63, 3.8) is 0 Å². The lowest BCUT2D eigenvalue weighted by Gasteiger charge is -2.04. The predicted octanol–water partition coefficient (Wildman–Crippen LogP) is 3.64. The van der Waals surface area contributed by atoms with Crippen LogP contribution >= 0.6 is 11.3 Å². The van der Waals surface area contributed by atoms with E-state index in [1.807, 2.05) is 23.6 Å². The molecule has 0 bridgehead atoms. The van der Waals surface area contributed by atoms with Crippen LogP contribution in [0.5, 0.6) is 0 Å². The zero-order valence-electron chi connectivity index (χ0n) is 13.6. The summed E-state index contributed by atoms with van der Waals surface area (Å²) in [4.78, 5) is 20.5. The minimum atomic E-state index is -0.272. The maximum absolute atomic E-state index is 13.1. The molecule has 2 aromatic heterocycles. The number of aryl methyl sites for hydroxylation is 1. The second kappa shape index (κ2) is 8.48. The average molecular weight is 355 g/mol. The third-order valence-electron chi connectivity index (χ3n) is 3.71. The van der Waals surface area contributed by atoms with E-state index in [4.69, 9.17) is 0 Å². The number of hydrogen-bond donors (Lipinski definition) is 1. The van der Waals surface area contributed by atoms with Crippen LogP contribution in [-0.2, 0) is 17.6 Å². The van der Waals surface area contributed by atoms with E-state index in [-0.39, 0.29) is 11.7 Å². The maximum atomic E-state index is 13.1. The molecule has 3 rings (SSSR count). The number of benzene rings is 1. The van der Waals surface area contributed by atoms with Crippen molar-refractivity contribution in [3.8, 4) is 10.6 Å². The highest BCUT2D eigenvalue weighted by Gasteiger charge is 2.06. The van der Waals surface area contributed by atoms with Crippen molar-refractivity contribution >= 4 is 17.2 Å². The molecule has 3 aromatic rings. The molecule has 2 heterocycles. The fourth-order valence-corrected chi connectivity index (χ4v) is 3.28. The molecule has 0 radical (unpaired) electrons. The standard InChI is InChI=1S/C19H18FN3OS/c20-16-3-1-2-14(12-16)4-5-18(24)22-11-8-17-13-25-19(23-17)15-6-9-21-10-7-15/h1-3,6-7,9-10,12-13H,4-5,8,11H2,(H,22,24). The Labute approximate surface area is 149 Å². The molecule has 0 unspecified atom stereocenters. The first-order valence-electron chi connectivity index (χ1n) is 8.06. The van der Waals surface area contributed by atoms with Crippen molar-refractivity contribution in [2.75, 3.05) is 6.54 Å². The van der Waals surface area contributed by atoms with Gasteiger partial charge in [0.2, 0.25) is 5.91 Å². The topological polar surface area (TPSA) is 54.9 Å². The van der Waals surface area contributed by atoms with E-state index in [2.05, 4.69) is 15.3 Å². The summed E-state index contributed by atoms with van der Waals surface area (Å²) >= 11 is 1.58. The summed E-state index contributed by atoms with van der Waals surface area (Å²) in [5.41, 5.74) is 2.84. The number of amides is 1. The van der Waals surface area contributed by atoms with Gasteiger partial charge in [-0.25, -0.2) is 9.37 Å². The van der Waals surface area contributed by atoms with Crippen LogP contribution in [0.2, 0.25) is 0 Å². The number of aromatic nitrogens is 2. The first-order valence-corrected chi connectivity index (χ1v) is 8.94. The maximum Gasteiger partial charge on any atom is 0.220 e. The SMILES string of the molecule is O=C(CCc1cccc(F)c1)NCCc1csc(-c2ccncc2)n1. The van der Waals surface area contributed by atoms with Crippen LogP contribution in [0.1, 0.15) is 17.7 Å². The third-order valence-corrected chi connectivity index (χ3v) is 4.65. The molecule has 4 nitrogen and oxygen atoms in total. The van der Waals surface area contributed by atoms with Crippen molar-refractivity contribution in [2.24, 2.45) is 0 Å². The highest BCUT2D eigenvalue weighted by Crippen LogP contribution is 2.22. The van der Waals surface area contributed by atoms with Crippen LogP contribution in [0, 0.1) is 5.82 Å². The van der Waals surface area contributed by atoms with Gasteiger partial charge in [0.05, 0.1) is 5.69 Å². The number of carbonyl (C=O) groups is 1. The van der Waals surface area contributed by atoms with Gasteiger partial charge in [-0.3, -0.25) is 9.78 Å². The van der Waals surface area contributed by atoms with Gasteiger partial charge in [-0.05, 0) is 36.2 Å². The van der Waals surface area contributed by atoms with Gasteiger partial charge in [-0.1, -0.05) is 12.1 Å². The third kappa shape index (κ3) is 5.19. The van der Waals surface area contributed by atoms with Crippen LogP contribution in [0.4, 0.5) is 4.39 Å². The molecule has 1 N–H and O–H groups in total. The van der Waals surface area contributed by atoms with Crippen molar-refractivity contribution in [2.45, 2.75) is 19.3 Å². The lowest BCUT2D eigenvalue weighted by molar-refractivity contribution is -0.121. The fraction of sp³-hybridized carbons (Fsp3) is 0.211. The Hall–Kier alpha value is -2.60. The number of pyridine rings is 1. The molecule has 0 saturated heterocycles. The second-order valence-electron chi connectivity index (χ2n) is 5.61. The molecule has 25 heavy (non-hydrogen) atoms. The minimum absolute atomic E-state index is 0.0335. The molecule has 6 heteroatoms. The minimum Gasteiger partial charge on any atom is -0.356 e. The van der Waals surface area contributed by atoms with Gasteiger partial charge in [-0.15, -0.1) is 11.3 Å². The predicted molar refractivity (Wildman–Crippen MR) is 96.8 cm³/mol. The summed E-state index contributed by atoms with van der Waals surface area (Å²) < 4.78 is 13.1. The van der Waals surface area contributed by atoms with Crippen molar-refractivity contribution in [1.82, 2.24) is 15.3 Å². The molecule has 0 aliphatic rings. The first-order chi connectivity index (χ1) is 12.2. The van der Waals surface area contributed by atoms with E-state index in [1.54, 1.807) is 29.8 Å². The number of nitrogens with one attached hydrogen (secondary N) is 1. The Morgan fingerprint density at radius 2 is 2.00 bits per heavy atom. The van der Waals surface area contributed by atoms with Crippen LogP contribution in [0.25, 0.3) is 10.6 Å².